The fourth-order valence-electron chi connectivity index (χ4n) is 1.84. The van der Waals surface area contributed by atoms with Gasteiger partial charge in [-0.3, -0.25) is 19.8 Å². The molecule has 1 fully saturated rings. The van der Waals surface area contributed by atoms with E-state index in [0.717, 1.165) is 0 Å². The molecule has 1 aromatic carbocycles. The largest absolute Gasteiger partial charge is 0.445 e. The average Bonchev–Trinajstić information content (AvgIpc) is 2.34. The van der Waals surface area contributed by atoms with Crippen LogP contribution in [0.25, 0.3) is 0 Å². The van der Waals surface area contributed by atoms with Gasteiger partial charge < -0.3 is 10.5 Å². The van der Waals surface area contributed by atoms with Crippen LogP contribution in [0.15, 0.2) is 24.3 Å². The van der Waals surface area contributed by atoms with Crippen LogP contribution < -0.4 is 5.73 Å². The molecule has 2 N–H and O–H groups in total. The van der Waals surface area contributed by atoms with Gasteiger partial charge in [-0.1, -0.05) is 0 Å². The van der Waals surface area contributed by atoms with Crippen molar-refractivity contribution in [3.63, 3.8) is 0 Å². The summed E-state index contributed by atoms with van der Waals surface area (Å²) in [6.07, 6.45) is -0.0690. The second kappa shape index (κ2) is 5.55. The first kappa shape index (κ1) is 13.8. The Labute approximate surface area is 114 Å². The van der Waals surface area contributed by atoms with Gasteiger partial charge in [0.25, 0.3) is 5.69 Å². The molecule has 2 amide bonds. The molecule has 0 aromatic heterocycles. The molecule has 0 saturated carbocycles. The maximum absolute atomic E-state index is 11.7. The fourth-order valence-corrected chi connectivity index (χ4v) is 1.84. The second-order valence-corrected chi connectivity index (χ2v) is 4.38. The molecule has 0 unspecified atom stereocenters. The van der Waals surface area contributed by atoms with Crippen molar-refractivity contribution in [2.75, 3.05) is 6.54 Å². The minimum absolute atomic E-state index is 0.0151. The molecule has 1 aromatic rings. The number of non-ortho nitro benzene ring substituents is 1. The highest BCUT2D eigenvalue weighted by Gasteiger charge is 2.37. The second-order valence-electron chi connectivity index (χ2n) is 4.38. The number of carbonyl (C=O) groups excluding carboxylic acids is 2. The van der Waals surface area contributed by atoms with E-state index in [1.165, 1.54) is 29.2 Å². The summed E-state index contributed by atoms with van der Waals surface area (Å²) in [6.45, 7) is 0.422. The van der Waals surface area contributed by atoms with Gasteiger partial charge in [0.15, 0.2) is 0 Å². The van der Waals surface area contributed by atoms with Crippen molar-refractivity contribution in [3.8, 4) is 0 Å². The molecule has 1 aliphatic heterocycles. The molecular weight excluding hydrogens is 266 g/mol. The summed E-state index contributed by atoms with van der Waals surface area (Å²) in [5.41, 5.74) is 5.72. The van der Waals surface area contributed by atoms with Crippen LogP contribution in [0.3, 0.4) is 0 Å². The normalized spacial score (nSPS) is 17.2. The Morgan fingerprint density at radius 3 is 2.50 bits per heavy atom. The first-order valence-electron chi connectivity index (χ1n) is 5.95. The van der Waals surface area contributed by atoms with Crippen LogP contribution in [-0.2, 0) is 16.1 Å². The van der Waals surface area contributed by atoms with E-state index in [2.05, 4.69) is 0 Å². The smallest absolute Gasteiger partial charge is 0.410 e. The number of likely N-dealkylation sites (tertiary alicyclic amines) is 1. The topological polar surface area (TPSA) is 116 Å². The lowest BCUT2D eigenvalue weighted by atomic mass is 10.0. The number of nitro benzene ring substituents is 1. The number of primary amides is 1. The van der Waals surface area contributed by atoms with Gasteiger partial charge in [0.1, 0.15) is 12.6 Å². The number of hydrogen-bond donors (Lipinski definition) is 1. The summed E-state index contributed by atoms with van der Waals surface area (Å²) in [5.74, 6) is -0.552. The number of hydrogen-bond acceptors (Lipinski definition) is 5. The monoisotopic (exact) mass is 279 g/mol. The zero-order chi connectivity index (χ0) is 14.7. The van der Waals surface area contributed by atoms with E-state index in [4.69, 9.17) is 10.5 Å². The number of amides is 2. The molecule has 0 bridgehead atoms. The molecule has 106 valence electrons. The van der Waals surface area contributed by atoms with E-state index < -0.39 is 23.0 Å². The van der Waals surface area contributed by atoms with E-state index in [0.29, 0.717) is 18.5 Å². The minimum atomic E-state index is -0.613. The van der Waals surface area contributed by atoms with E-state index in [1.54, 1.807) is 0 Å². The SMILES string of the molecule is NC(=O)[C@@H]1CCN1C(=O)OCc1ccc([N+](=O)[O-])cc1. The number of nitro groups is 1. The highest BCUT2D eigenvalue weighted by atomic mass is 16.6. The van der Waals surface area contributed by atoms with Crippen LogP contribution in [-0.4, -0.2) is 34.4 Å². The zero-order valence-corrected chi connectivity index (χ0v) is 10.5. The Hall–Kier alpha value is -2.64. The summed E-state index contributed by atoms with van der Waals surface area (Å²) in [5, 5.41) is 10.5. The minimum Gasteiger partial charge on any atom is -0.445 e. The fraction of sp³-hybridized carbons (Fsp3) is 0.333. The molecular formula is C12H13N3O5. The lowest BCUT2D eigenvalue weighted by molar-refractivity contribution is -0.384. The van der Waals surface area contributed by atoms with Gasteiger partial charge >= 0.3 is 6.09 Å². The first-order chi connectivity index (χ1) is 9.49. The van der Waals surface area contributed by atoms with Gasteiger partial charge in [-0.25, -0.2) is 4.79 Å². The number of rotatable bonds is 4. The Bertz CT molecular complexity index is 543. The van der Waals surface area contributed by atoms with Crippen LogP contribution in [0.5, 0.6) is 0 Å². The molecule has 20 heavy (non-hydrogen) atoms. The maximum Gasteiger partial charge on any atom is 0.410 e. The van der Waals surface area contributed by atoms with Crippen molar-refractivity contribution in [3.05, 3.63) is 39.9 Å². The van der Waals surface area contributed by atoms with Crippen LogP contribution in [0, 0.1) is 10.1 Å². The highest BCUT2D eigenvalue weighted by Crippen LogP contribution is 2.19. The summed E-state index contributed by atoms with van der Waals surface area (Å²) >= 11 is 0. The molecule has 8 nitrogen and oxygen atoms in total. The average molecular weight is 279 g/mol. The Kier molecular flexibility index (Phi) is 3.83. The number of nitrogens with two attached hydrogens (primary N) is 1. The van der Waals surface area contributed by atoms with E-state index in [1.807, 2.05) is 0 Å². The lowest BCUT2D eigenvalue weighted by Gasteiger charge is -2.37. The van der Waals surface area contributed by atoms with Crippen LogP contribution in [0.2, 0.25) is 0 Å². The number of carbonyl (C=O) groups is 2. The third kappa shape index (κ3) is 2.85. The Balaban J connectivity index is 1.87. The first-order valence-corrected chi connectivity index (χ1v) is 5.95. The maximum atomic E-state index is 11.7. The van der Waals surface area contributed by atoms with Gasteiger partial charge in [-0.2, -0.15) is 0 Å². The van der Waals surface area contributed by atoms with E-state index >= 15 is 0 Å². The van der Waals surface area contributed by atoms with Gasteiger partial charge in [-0.05, 0) is 24.1 Å². The molecule has 0 spiro atoms. The van der Waals surface area contributed by atoms with Crippen molar-refractivity contribution < 1.29 is 19.2 Å². The van der Waals surface area contributed by atoms with Gasteiger partial charge in [0.05, 0.1) is 4.92 Å². The van der Waals surface area contributed by atoms with Crippen LogP contribution in [0.4, 0.5) is 10.5 Å². The predicted molar refractivity (Wildman–Crippen MR) is 67.6 cm³/mol. The number of benzene rings is 1. The molecule has 1 saturated heterocycles. The quantitative estimate of drug-likeness (QED) is 0.646. The summed E-state index contributed by atoms with van der Waals surface area (Å²) in [4.78, 5) is 33.9. The molecule has 1 heterocycles. The predicted octanol–water partition coefficient (Wildman–Crippen LogP) is 0.791. The van der Waals surface area contributed by atoms with Gasteiger partial charge in [-0.15, -0.1) is 0 Å². The van der Waals surface area contributed by atoms with Crippen molar-refractivity contribution in [1.29, 1.82) is 0 Å². The summed E-state index contributed by atoms with van der Waals surface area (Å²) in [7, 11) is 0. The lowest BCUT2D eigenvalue weighted by Crippen LogP contribution is -2.57. The van der Waals surface area contributed by atoms with E-state index in [9.17, 15) is 19.7 Å². The third-order valence-corrected chi connectivity index (χ3v) is 3.09. The van der Waals surface area contributed by atoms with Crippen molar-refractivity contribution in [1.82, 2.24) is 4.90 Å². The molecule has 0 aliphatic carbocycles. The van der Waals surface area contributed by atoms with Crippen LogP contribution >= 0.6 is 0 Å². The van der Waals surface area contributed by atoms with Crippen molar-refractivity contribution >= 4 is 17.7 Å². The Morgan fingerprint density at radius 2 is 2.05 bits per heavy atom. The molecule has 1 aliphatic rings. The number of ether oxygens (including phenoxy) is 1. The van der Waals surface area contributed by atoms with Gasteiger partial charge in [0, 0.05) is 18.7 Å². The highest BCUT2D eigenvalue weighted by molar-refractivity contribution is 5.85. The molecule has 2 rings (SSSR count). The summed E-state index contributed by atoms with van der Waals surface area (Å²) in [6, 6.07) is 5.08. The van der Waals surface area contributed by atoms with Crippen molar-refractivity contribution in [2.24, 2.45) is 5.73 Å². The third-order valence-electron chi connectivity index (χ3n) is 3.09. The summed E-state index contributed by atoms with van der Waals surface area (Å²) < 4.78 is 5.02. The molecule has 0 radical (unpaired) electrons. The zero-order valence-electron chi connectivity index (χ0n) is 10.5. The molecule has 1 atom stereocenters. The molecule has 8 heteroatoms. The van der Waals surface area contributed by atoms with E-state index in [-0.39, 0.29) is 12.3 Å². The number of nitrogens with zero attached hydrogens (tertiary/aromatic N) is 2. The standard InChI is InChI=1S/C12H13N3O5/c13-11(16)10-5-6-14(10)12(17)20-7-8-1-3-9(4-2-8)15(18)19/h1-4,10H,5-7H2,(H2,13,16)/t10-/m0/s1. The van der Waals surface area contributed by atoms with Crippen molar-refractivity contribution in [2.45, 2.75) is 19.1 Å². The Morgan fingerprint density at radius 1 is 1.40 bits per heavy atom. The van der Waals surface area contributed by atoms with Gasteiger partial charge in [0.2, 0.25) is 5.91 Å². The van der Waals surface area contributed by atoms with Crippen LogP contribution in [0.1, 0.15) is 12.0 Å².